The predicted octanol–water partition coefficient (Wildman–Crippen LogP) is 17.2. The van der Waals surface area contributed by atoms with E-state index in [1.807, 2.05) is 34.4 Å². The fourth-order valence-corrected chi connectivity index (χ4v) is 17.5. The number of rotatable bonds is 10. The quantitative estimate of drug-likeness (QED) is 0.125. The number of thiophene rings is 2. The minimum Gasteiger partial charge on any atom is -0.281 e. The van der Waals surface area contributed by atoms with Crippen molar-refractivity contribution in [2.24, 2.45) is 23.7 Å². The molecule has 0 saturated carbocycles. The Kier molecular flexibility index (Phi) is 16.1. The smallest absolute Gasteiger partial charge is 0.243 e. The molecule has 6 atom stereocenters. The molecule has 3 aromatic rings. The molecule has 2 amide bonds. The van der Waals surface area contributed by atoms with Gasteiger partial charge in [0, 0.05) is 56.8 Å². The highest BCUT2D eigenvalue weighted by atomic mass is 32.2. The Bertz CT molecular complexity index is 2260. The molecular weight excluding hydrogens is 875 g/mol. The van der Waals surface area contributed by atoms with Crippen LogP contribution in [-0.4, -0.2) is 34.8 Å². The maximum Gasteiger partial charge on any atom is 0.243 e. The fraction of sp³-hybridized carbons (Fsp3) is 0.585. The van der Waals surface area contributed by atoms with Gasteiger partial charge in [-0.2, -0.15) is 0 Å². The first kappa shape index (κ1) is 46.9. The Morgan fingerprint density at radius 1 is 0.984 bits per heavy atom. The van der Waals surface area contributed by atoms with Crippen LogP contribution < -0.4 is 0 Å². The second-order valence-electron chi connectivity index (χ2n) is 18.9. The number of carbonyl (C=O) groups is 2. The van der Waals surface area contributed by atoms with Crippen LogP contribution in [0.2, 0.25) is 0 Å². The second kappa shape index (κ2) is 21.3. The van der Waals surface area contributed by atoms with E-state index in [0.717, 1.165) is 70.6 Å². The first-order chi connectivity index (χ1) is 30.1. The lowest BCUT2D eigenvalue weighted by Gasteiger charge is -2.23. The molecule has 1 aromatic carbocycles. The van der Waals surface area contributed by atoms with Crippen molar-refractivity contribution in [3.63, 3.8) is 0 Å². The molecule has 7 heterocycles. The summed E-state index contributed by atoms with van der Waals surface area (Å²) in [4.78, 5) is 38.8. The van der Waals surface area contributed by atoms with Gasteiger partial charge in [-0.25, -0.2) is 0 Å². The molecule has 0 spiro atoms. The number of carbonyl (C=O) groups excluding carboxylic acids is 2. The Morgan fingerprint density at radius 2 is 1.79 bits per heavy atom. The monoisotopic (exact) mass is 943 g/mol. The van der Waals surface area contributed by atoms with Gasteiger partial charge in [-0.3, -0.25) is 14.5 Å². The highest BCUT2D eigenvalue weighted by molar-refractivity contribution is 8.06. The summed E-state index contributed by atoms with van der Waals surface area (Å²) < 4.78 is 1.39. The highest BCUT2D eigenvalue weighted by Crippen LogP contribution is 2.59. The molecular formula is C53H69NO2S6. The molecule has 6 bridgehead atoms. The lowest BCUT2D eigenvalue weighted by molar-refractivity contribution is -0.139. The van der Waals surface area contributed by atoms with Gasteiger partial charge in [0.25, 0.3) is 0 Å². The Morgan fingerprint density at radius 3 is 2.58 bits per heavy atom. The van der Waals surface area contributed by atoms with Crippen LogP contribution in [0.25, 0.3) is 31.5 Å². The van der Waals surface area contributed by atoms with Crippen molar-refractivity contribution in [2.45, 2.75) is 166 Å². The molecule has 334 valence electrons. The van der Waals surface area contributed by atoms with E-state index in [-0.39, 0.29) is 11.8 Å². The molecule has 3 nitrogen and oxygen atoms in total. The summed E-state index contributed by atoms with van der Waals surface area (Å²) in [6.07, 6.45) is 31.2. The van der Waals surface area contributed by atoms with Crippen molar-refractivity contribution < 1.29 is 9.59 Å². The normalized spacial score (nSPS) is 28.1. The summed E-state index contributed by atoms with van der Waals surface area (Å²) in [5, 5.41) is 1.29. The van der Waals surface area contributed by atoms with E-state index in [1.54, 1.807) is 21.6 Å². The van der Waals surface area contributed by atoms with Gasteiger partial charge in [0.1, 0.15) is 5.25 Å². The molecule has 0 N–H and O–H groups in total. The molecule has 9 heteroatoms. The van der Waals surface area contributed by atoms with Crippen molar-refractivity contribution in [3.8, 4) is 10.4 Å². The molecule has 2 saturated heterocycles. The molecule has 5 aliphatic rings. The molecule has 62 heavy (non-hydrogen) atoms. The summed E-state index contributed by atoms with van der Waals surface area (Å²) >= 11 is 15.1. The number of unbranched alkanes of at least 4 members (excludes halogenated alkanes) is 1. The van der Waals surface area contributed by atoms with Gasteiger partial charge in [0.2, 0.25) is 11.8 Å². The van der Waals surface area contributed by atoms with E-state index in [1.165, 1.54) is 124 Å². The van der Waals surface area contributed by atoms with Crippen LogP contribution in [0, 0.1) is 23.7 Å². The van der Waals surface area contributed by atoms with Crippen LogP contribution in [0.15, 0.2) is 56.2 Å². The largest absolute Gasteiger partial charge is 0.281 e. The summed E-state index contributed by atoms with van der Waals surface area (Å²) in [7, 11) is 0. The fourth-order valence-electron chi connectivity index (χ4n) is 10.7. The van der Waals surface area contributed by atoms with Gasteiger partial charge < -0.3 is 0 Å². The van der Waals surface area contributed by atoms with Gasteiger partial charge >= 0.3 is 0 Å². The second-order valence-corrected chi connectivity index (χ2v) is 24.8. The van der Waals surface area contributed by atoms with Crippen molar-refractivity contribution in [2.75, 3.05) is 12.8 Å². The summed E-state index contributed by atoms with van der Waals surface area (Å²) in [5.41, 5.74) is 6.83. The van der Waals surface area contributed by atoms with Crippen LogP contribution in [0.4, 0.5) is 0 Å². The highest BCUT2D eigenvalue weighted by Gasteiger charge is 2.55. The maximum atomic E-state index is 14.2. The van der Waals surface area contributed by atoms with Crippen LogP contribution in [-0.2, 0) is 16.0 Å². The minimum absolute atomic E-state index is 0.00147. The molecule has 0 radical (unpaired) electrons. The zero-order valence-electron chi connectivity index (χ0n) is 38.1. The van der Waals surface area contributed by atoms with Crippen molar-refractivity contribution in [1.82, 2.24) is 4.90 Å². The number of thiol groups is 1. The molecule has 2 fully saturated rings. The average Bonchev–Trinajstić information content (AvgIpc) is 4.11. The number of nitrogens with zero attached hydrogens (tertiary/aromatic N) is 1. The number of fused-ring (bicyclic) bond motifs is 8. The molecule has 2 aromatic heterocycles. The van der Waals surface area contributed by atoms with Crippen LogP contribution in [0.1, 0.15) is 170 Å². The van der Waals surface area contributed by atoms with Gasteiger partial charge in [-0.1, -0.05) is 122 Å². The van der Waals surface area contributed by atoms with E-state index in [2.05, 4.69) is 89.1 Å². The Hall–Kier alpha value is -1.62. The van der Waals surface area contributed by atoms with Crippen LogP contribution in [0.3, 0.4) is 0 Å². The van der Waals surface area contributed by atoms with Crippen LogP contribution in [0.5, 0.6) is 0 Å². The number of imide groups is 1. The third-order valence-corrected chi connectivity index (χ3v) is 21.0. The number of hydrogen-bond donors (Lipinski definition) is 1. The van der Waals surface area contributed by atoms with E-state index in [0.29, 0.717) is 17.7 Å². The summed E-state index contributed by atoms with van der Waals surface area (Å²) in [5.74, 6) is 1.38. The predicted molar refractivity (Wildman–Crippen MR) is 280 cm³/mol. The summed E-state index contributed by atoms with van der Waals surface area (Å²) in [6.45, 7) is 12.3. The Balaban J connectivity index is 1.31. The third-order valence-electron chi connectivity index (χ3n) is 14.4. The molecule has 5 aliphatic heterocycles. The number of thioether (sulfide) groups is 3. The molecule has 8 rings (SSSR count). The van der Waals surface area contributed by atoms with E-state index in [9.17, 15) is 9.59 Å². The van der Waals surface area contributed by atoms with E-state index >= 15 is 0 Å². The van der Waals surface area contributed by atoms with Gasteiger partial charge in [0.05, 0.1) is 5.92 Å². The minimum atomic E-state index is -0.418. The van der Waals surface area contributed by atoms with E-state index in [4.69, 9.17) is 12.6 Å². The van der Waals surface area contributed by atoms with Gasteiger partial charge in [0.15, 0.2) is 0 Å². The first-order valence-electron chi connectivity index (χ1n) is 24.1. The maximum absolute atomic E-state index is 14.2. The summed E-state index contributed by atoms with van der Waals surface area (Å²) in [6, 6.07) is 7.29. The lowest BCUT2D eigenvalue weighted by Crippen LogP contribution is -2.33. The molecule has 0 aliphatic carbocycles. The molecule has 6 unspecified atom stereocenters. The third kappa shape index (κ3) is 9.89. The van der Waals surface area contributed by atoms with Gasteiger partial charge in [-0.05, 0) is 116 Å². The lowest BCUT2D eigenvalue weighted by atomic mass is 9.91. The van der Waals surface area contributed by atoms with Crippen molar-refractivity contribution in [1.29, 1.82) is 0 Å². The zero-order valence-corrected chi connectivity index (χ0v) is 43.1. The average molecular weight is 945 g/mol. The number of hydrogen-bond acceptors (Lipinski definition) is 8. The Labute approximate surface area is 399 Å². The topological polar surface area (TPSA) is 37.4 Å². The van der Waals surface area contributed by atoms with Crippen molar-refractivity contribution in [3.05, 3.63) is 72.2 Å². The number of allylic oxidation sites excluding steroid dienone is 5. The number of amides is 2. The standard InChI is InChI=1S/C53H69NO2S6/c1-7-10-20-34(8-2)29-36-23-25-42(60-36)45-38-27-33(5)19-15-16-21-35(9-3)30-37-22-24-41(59-37)44(48(38)58-6)40-31-43(61-49(40)45)47(57)50-39-28-32(4)18-14-12-11-13-17-26-54-52(55)46(39)51(62-50)53(54)56/h22-24,27-28,31-32,34-35,42,46,51,57H,7-21,25-26,29-30H2,1-6H3/b33-27-,39-28+,50-47+. The zero-order chi connectivity index (χ0) is 43.5. The number of benzene rings is 1. The van der Waals surface area contributed by atoms with Gasteiger partial charge in [-0.15, -0.1) is 70.6 Å². The van der Waals surface area contributed by atoms with E-state index < -0.39 is 11.2 Å². The van der Waals surface area contributed by atoms with Crippen molar-refractivity contribution >= 4 is 103 Å². The first-order valence-corrected chi connectivity index (χ1v) is 29.2. The SMILES string of the molecule is CCCCC(CC)CC1=CCC(c2c3c(SC)c(c4cc(/C(S)=C5SC6C(=O)N7CCCCCCCC(C)\C=C\5C6C7=O)sc24)-c2ccc(s2)CC(CC)CCCC/C(C)=C\3)S1. The van der Waals surface area contributed by atoms with Crippen LogP contribution >= 0.6 is 70.6 Å².